The number of rotatable bonds is 6. The number of anilines is 1. The van der Waals surface area contributed by atoms with Crippen molar-refractivity contribution in [2.75, 3.05) is 18.2 Å². The van der Waals surface area contributed by atoms with E-state index in [4.69, 9.17) is 4.74 Å². The highest BCUT2D eigenvalue weighted by Gasteiger charge is 2.21. The summed E-state index contributed by atoms with van der Waals surface area (Å²) >= 11 is 1.68. The maximum absolute atomic E-state index is 12.2. The number of carbonyl (C=O) groups excluding carboxylic acids is 1. The Morgan fingerprint density at radius 2 is 1.81 bits per heavy atom. The van der Waals surface area contributed by atoms with E-state index in [1.54, 1.807) is 11.8 Å². The van der Waals surface area contributed by atoms with Crippen molar-refractivity contribution in [3.05, 3.63) is 60.2 Å². The van der Waals surface area contributed by atoms with E-state index in [9.17, 15) is 4.79 Å². The standard InChI is InChI=1S/C17H19NO2S/c1-3-20-17(19)16(18-14-7-5-4-6-8-14)13-9-11-15(21-2)12-10-13/h4-12,16,18H,3H2,1-2H3. The second-order valence-electron chi connectivity index (χ2n) is 4.47. The van der Waals surface area contributed by atoms with Crippen molar-refractivity contribution >= 4 is 23.4 Å². The molecule has 2 aromatic carbocycles. The minimum absolute atomic E-state index is 0.266. The van der Waals surface area contributed by atoms with E-state index in [0.29, 0.717) is 6.61 Å². The van der Waals surface area contributed by atoms with Crippen molar-refractivity contribution in [1.82, 2.24) is 0 Å². The number of carbonyl (C=O) groups is 1. The Balaban J connectivity index is 2.24. The van der Waals surface area contributed by atoms with Crippen LogP contribution in [0.5, 0.6) is 0 Å². The largest absolute Gasteiger partial charge is 0.464 e. The lowest BCUT2D eigenvalue weighted by atomic mass is 10.1. The summed E-state index contributed by atoms with van der Waals surface area (Å²) in [6.45, 7) is 2.18. The van der Waals surface area contributed by atoms with Crippen LogP contribution in [0.4, 0.5) is 5.69 Å². The van der Waals surface area contributed by atoms with Crippen LogP contribution >= 0.6 is 11.8 Å². The zero-order chi connectivity index (χ0) is 15.1. The highest BCUT2D eigenvalue weighted by Crippen LogP contribution is 2.23. The molecule has 4 heteroatoms. The van der Waals surface area contributed by atoms with Gasteiger partial charge in [0.2, 0.25) is 0 Å². The molecule has 3 nitrogen and oxygen atoms in total. The van der Waals surface area contributed by atoms with Crippen LogP contribution in [0, 0.1) is 0 Å². The van der Waals surface area contributed by atoms with Gasteiger partial charge in [-0.15, -0.1) is 11.8 Å². The molecule has 0 heterocycles. The van der Waals surface area contributed by atoms with Crippen LogP contribution in [0.3, 0.4) is 0 Å². The SMILES string of the molecule is CCOC(=O)C(Nc1ccccc1)c1ccc(SC)cc1. The average Bonchev–Trinajstić information content (AvgIpc) is 2.54. The van der Waals surface area contributed by atoms with Crippen LogP contribution in [0.25, 0.3) is 0 Å². The zero-order valence-electron chi connectivity index (χ0n) is 12.2. The quantitative estimate of drug-likeness (QED) is 0.643. The predicted octanol–water partition coefficient (Wildman–Crippen LogP) is 4.12. The van der Waals surface area contributed by atoms with Crippen LogP contribution in [0.2, 0.25) is 0 Å². The van der Waals surface area contributed by atoms with E-state index in [1.165, 1.54) is 4.90 Å². The first-order valence-electron chi connectivity index (χ1n) is 6.86. The fourth-order valence-electron chi connectivity index (χ4n) is 2.00. The van der Waals surface area contributed by atoms with Crippen LogP contribution < -0.4 is 5.32 Å². The third kappa shape index (κ3) is 4.26. The molecule has 0 aliphatic rings. The summed E-state index contributed by atoms with van der Waals surface area (Å²) in [6, 6.07) is 17.1. The Labute approximate surface area is 129 Å². The average molecular weight is 301 g/mol. The van der Waals surface area contributed by atoms with E-state index < -0.39 is 6.04 Å². The Hall–Kier alpha value is -1.94. The molecule has 2 rings (SSSR count). The Morgan fingerprint density at radius 1 is 1.14 bits per heavy atom. The van der Waals surface area contributed by atoms with E-state index in [-0.39, 0.29) is 5.97 Å². The molecule has 0 saturated carbocycles. The number of para-hydroxylation sites is 1. The van der Waals surface area contributed by atoms with Crippen molar-refractivity contribution < 1.29 is 9.53 Å². The van der Waals surface area contributed by atoms with Crippen molar-refractivity contribution in [3.8, 4) is 0 Å². The molecular weight excluding hydrogens is 282 g/mol. The summed E-state index contributed by atoms with van der Waals surface area (Å²) in [5.41, 5.74) is 1.79. The molecule has 21 heavy (non-hydrogen) atoms. The molecule has 1 N–H and O–H groups in total. The zero-order valence-corrected chi connectivity index (χ0v) is 13.0. The van der Waals surface area contributed by atoms with Gasteiger partial charge in [0.1, 0.15) is 0 Å². The lowest BCUT2D eigenvalue weighted by Gasteiger charge is -2.19. The maximum Gasteiger partial charge on any atom is 0.333 e. The summed E-state index contributed by atoms with van der Waals surface area (Å²) in [6.07, 6.45) is 2.03. The van der Waals surface area contributed by atoms with Crippen LogP contribution in [0.1, 0.15) is 18.5 Å². The lowest BCUT2D eigenvalue weighted by Crippen LogP contribution is -2.23. The number of thioether (sulfide) groups is 1. The minimum Gasteiger partial charge on any atom is -0.464 e. The summed E-state index contributed by atoms with van der Waals surface area (Å²) in [4.78, 5) is 13.4. The molecule has 0 aromatic heterocycles. The summed E-state index contributed by atoms with van der Waals surface area (Å²) in [5, 5.41) is 3.24. The molecule has 0 aliphatic carbocycles. The second-order valence-corrected chi connectivity index (χ2v) is 5.35. The normalized spacial score (nSPS) is 11.7. The van der Waals surface area contributed by atoms with Gasteiger partial charge in [0.15, 0.2) is 6.04 Å². The van der Waals surface area contributed by atoms with Gasteiger partial charge in [-0.2, -0.15) is 0 Å². The Kier molecular flexibility index (Phi) is 5.69. The smallest absolute Gasteiger partial charge is 0.333 e. The van der Waals surface area contributed by atoms with E-state index in [1.807, 2.05) is 67.8 Å². The second kappa shape index (κ2) is 7.74. The highest BCUT2D eigenvalue weighted by atomic mass is 32.2. The van der Waals surface area contributed by atoms with Crippen LogP contribution in [0.15, 0.2) is 59.5 Å². The molecule has 0 aliphatic heterocycles. The molecule has 0 fully saturated rings. The summed E-state index contributed by atoms with van der Waals surface area (Å²) in [7, 11) is 0. The summed E-state index contributed by atoms with van der Waals surface area (Å²) in [5.74, 6) is -0.266. The van der Waals surface area contributed by atoms with Crippen molar-refractivity contribution in [3.63, 3.8) is 0 Å². The van der Waals surface area contributed by atoms with Crippen LogP contribution in [-0.4, -0.2) is 18.8 Å². The van der Waals surface area contributed by atoms with Gasteiger partial charge in [-0.1, -0.05) is 30.3 Å². The Morgan fingerprint density at radius 3 is 2.38 bits per heavy atom. The highest BCUT2D eigenvalue weighted by molar-refractivity contribution is 7.98. The number of ether oxygens (including phenoxy) is 1. The number of hydrogen-bond donors (Lipinski definition) is 1. The molecule has 110 valence electrons. The van der Waals surface area contributed by atoms with Gasteiger partial charge in [0.05, 0.1) is 6.61 Å². The number of nitrogens with one attached hydrogen (secondary N) is 1. The van der Waals surface area contributed by atoms with Gasteiger partial charge < -0.3 is 10.1 Å². The number of hydrogen-bond acceptors (Lipinski definition) is 4. The maximum atomic E-state index is 12.2. The molecule has 0 amide bonds. The molecule has 1 atom stereocenters. The lowest BCUT2D eigenvalue weighted by molar-refractivity contribution is -0.144. The third-order valence-corrected chi connectivity index (χ3v) is 3.80. The minimum atomic E-state index is -0.497. The van der Waals surface area contributed by atoms with Crippen LogP contribution in [-0.2, 0) is 9.53 Å². The molecule has 0 radical (unpaired) electrons. The third-order valence-electron chi connectivity index (χ3n) is 3.06. The molecule has 2 aromatic rings. The molecular formula is C17H19NO2S. The van der Waals surface area contributed by atoms with Gasteiger partial charge in [-0.25, -0.2) is 4.79 Å². The van der Waals surface area contributed by atoms with E-state index in [2.05, 4.69) is 5.32 Å². The van der Waals surface area contributed by atoms with Gasteiger partial charge in [0, 0.05) is 10.6 Å². The van der Waals surface area contributed by atoms with Gasteiger partial charge >= 0.3 is 5.97 Å². The van der Waals surface area contributed by atoms with Crippen molar-refractivity contribution in [2.45, 2.75) is 17.9 Å². The number of benzene rings is 2. The van der Waals surface area contributed by atoms with E-state index in [0.717, 1.165) is 11.3 Å². The van der Waals surface area contributed by atoms with Crippen molar-refractivity contribution in [1.29, 1.82) is 0 Å². The monoisotopic (exact) mass is 301 g/mol. The fraction of sp³-hybridized carbons (Fsp3) is 0.235. The Bertz CT molecular complexity index is 569. The first-order chi connectivity index (χ1) is 10.2. The molecule has 1 unspecified atom stereocenters. The predicted molar refractivity (Wildman–Crippen MR) is 87.7 cm³/mol. The van der Waals surface area contributed by atoms with Gasteiger partial charge in [-0.3, -0.25) is 0 Å². The van der Waals surface area contributed by atoms with Gasteiger partial charge in [-0.05, 0) is 43.0 Å². The molecule has 0 spiro atoms. The fourth-order valence-corrected chi connectivity index (χ4v) is 2.41. The van der Waals surface area contributed by atoms with Crippen molar-refractivity contribution in [2.24, 2.45) is 0 Å². The molecule has 0 bridgehead atoms. The molecule has 0 saturated heterocycles. The first-order valence-corrected chi connectivity index (χ1v) is 8.09. The topological polar surface area (TPSA) is 38.3 Å². The number of esters is 1. The van der Waals surface area contributed by atoms with E-state index >= 15 is 0 Å². The first kappa shape index (κ1) is 15.4. The van der Waals surface area contributed by atoms with Gasteiger partial charge in [0.25, 0.3) is 0 Å². The summed E-state index contributed by atoms with van der Waals surface area (Å²) < 4.78 is 5.18.